The van der Waals surface area contributed by atoms with Crippen LogP contribution in [0.5, 0.6) is 0 Å². The van der Waals surface area contributed by atoms with E-state index in [1.54, 1.807) is 41.5 Å². The van der Waals surface area contributed by atoms with Crippen molar-refractivity contribution in [2.45, 2.75) is 65.4 Å². The van der Waals surface area contributed by atoms with Crippen LogP contribution in [0.2, 0.25) is 0 Å². The van der Waals surface area contributed by atoms with Gasteiger partial charge in [-0.3, -0.25) is 19.3 Å². The number of sulfone groups is 1. The number of esters is 1. The minimum absolute atomic E-state index is 0.0340. The molecule has 2 aliphatic heterocycles. The smallest absolute Gasteiger partial charge is 0.312 e. The largest absolute Gasteiger partial charge is 0.441 e. The van der Waals surface area contributed by atoms with Gasteiger partial charge in [0.2, 0.25) is 15.3 Å². The maximum atomic E-state index is 13.1. The molecule has 0 saturated carbocycles. The van der Waals surface area contributed by atoms with Crippen molar-refractivity contribution in [1.29, 1.82) is 0 Å². The maximum absolute atomic E-state index is 13.1. The molecule has 3 atom stereocenters. The molecule has 1 amide bonds. The fourth-order valence-corrected chi connectivity index (χ4v) is 5.11. The Kier molecular flexibility index (Phi) is 5.12. The summed E-state index contributed by atoms with van der Waals surface area (Å²) in [7, 11) is -2.92. The first-order valence-electron chi connectivity index (χ1n) is 8.62. The molecule has 0 N–H and O–H groups in total. The molecule has 0 aliphatic carbocycles. The molecule has 9 heteroatoms. The lowest BCUT2D eigenvalue weighted by molar-refractivity contribution is -0.162. The zero-order valence-electron chi connectivity index (χ0n) is 16.9. The van der Waals surface area contributed by atoms with Gasteiger partial charge in [0.05, 0.1) is 11.1 Å². The number of hydrogen-bond donors (Lipinski definition) is 0. The maximum Gasteiger partial charge on any atom is 0.312 e. The van der Waals surface area contributed by atoms with Gasteiger partial charge in [-0.2, -0.15) is 0 Å². The summed E-state index contributed by atoms with van der Waals surface area (Å²) in [5.74, 6) is -1.72. The van der Waals surface area contributed by atoms with E-state index in [-0.39, 0.29) is 11.3 Å². The summed E-state index contributed by atoms with van der Waals surface area (Å²) in [6, 6.07) is 0. The van der Waals surface area contributed by atoms with Crippen molar-refractivity contribution in [1.82, 2.24) is 4.90 Å². The third-order valence-electron chi connectivity index (χ3n) is 4.57. The highest BCUT2D eigenvalue weighted by Crippen LogP contribution is 2.43. The standard InChI is InChI=1S/C18H27NO7S/c1-9-10(12(20)17(2,3)4)19-13(21)11(25-8)14(19)27(23,24)15(9)26-16(22)18(5,6)7/h11,14-15H,1-8H3/t11-,14+,15-/m0/s1. The van der Waals surface area contributed by atoms with Crippen molar-refractivity contribution in [2.75, 3.05) is 7.11 Å². The number of rotatable bonds is 3. The fourth-order valence-electron chi connectivity index (χ4n) is 2.96. The summed E-state index contributed by atoms with van der Waals surface area (Å²) in [6.07, 6.45) is -1.23. The second-order valence-corrected chi connectivity index (χ2v) is 11.0. The Bertz CT molecular complexity index is 827. The van der Waals surface area contributed by atoms with Gasteiger partial charge in [-0.05, 0) is 27.7 Å². The summed E-state index contributed by atoms with van der Waals surface area (Å²) >= 11 is 0. The van der Waals surface area contributed by atoms with Crippen LogP contribution in [-0.4, -0.2) is 55.0 Å². The molecule has 1 saturated heterocycles. The molecular formula is C18H27NO7S. The highest BCUT2D eigenvalue weighted by molar-refractivity contribution is 7.93. The van der Waals surface area contributed by atoms with Gasteiger partial charge in [0.25, 0.3) is 5.91 Å². The summed E-state index contributed by atoms with van der Waals surface area (Å²) in [6.45, 7) is 11.2. The second-order valence-electron chi connectivity index (χ2n) is 8.94. The Balaban J connectivity index is 2.66. The van der Waals surface area contributed by atoms with Gasteiger partial charge in [-0.1, -0.05) is 20.8 Å². The van der Waals surface area contributed by atoms with Crippen molar-refractivity contribution in [3.05, 3.63) is 11.3 Å². The molecule has 2 aliphatic rings. The molecule has 0 aromatic heterocycles. The van der Waals surface area contributed by atoms with E-state index in [9.17, 15) is 22.8 Å². The van der Waals surface area contributed by atoms with Gasteiger partial charge >= 0.3 is 5.97 Å². The molecule has 0 aromatic rings. The zero-order valence-corrected chi connectivity index (χ0v) is 17.8. The third kappa shape index (κ3) is 3.31. The van der Waals surface area contributed by atoms with Crippen LogP contribution in [0.4, 0.5) is 0 Å². The van der Waals surface area contributed by atoms with Gasteiger partial charge in [-0.15, -0.1) is 0 Å². The van der Waals surface area contributed by atoms with Crippen LogP contribution < -0.4 is 0 Å². The van der Waals surface area contributed by atoms with Crippen LogP contribution in [0.1, 0.15) is 48.5 Å². The third-order valence-corrected chi connectivity index (χ3v) is 6.75. The van der Waals surface area contributed by atoms with Crippen molar-refractivity contribution >= 4 is 27.5 Å². The van der Waals surface area contributed by atoms with Crippen molar-refractivity contribution in [3.8, 4) is 0 Å². The van der Waals surface area contributed by atoms with Gasteiger partial charge in [0.15, 0.2) is 17.3 Å². The molecule has 27 heavy (non-hydrogen) atoms. The van der Waals surface area contributed by atoms with E-state index in [0.29, 0.717) is 0 Å². The van der Waals surface area contributed by atoms with Crippen molar-refractivity contribution < 1.29 is 32.3 Å². The average molecular weight is 401 g/mol. The Labute approximate surface area is 159 Å². The number of amides is 1. The zero-order chi connectivity index (χ0) is 21.1. The predicted molar refractivity (Wildman–Crippen MR) is 96.8 cm³/mol. The number of β-lactam (4-membered cyclic amide) rings is 1. The fraction of sp³-hybridized carbons (Fsp3) is 0.722. The first kappa shape index (κ1) is 21.6. The van der Waals surface area contributed by atoms with E-state index < -0.39 is 55.2 Å². The summed E-state index contributed by atoms with van der Waals surface area (Å²) in [4.78, 5) is 38.7. The molecule has 0 aromatic carbocycles. The first-order chi connectivity index (χ1) is 12.1. The van der Waals surface area contributed by atoms with Crippen LogP contribution in [0.25, 0.3) is 0 Å². The molecule has 8 nitrogen and oxygen atoms in total. The van der Waals surface area contributed by atoms with Crippen LogP contribution in [-0.2, 0) is 33.7 Å². The lowest BCUT2D eigenvalue weighted by Gasteiger charge is -2.51. The van der Waals surface area contributed by atoms with Crippen molar-refractivity contribution in [3.63, 3.8) is 0 Å². The molecule has 1 fully saturated rings. The Hall–Kier alpha value is -1.74. The monoisotopic (exact) mass is 401 g/mol. The molecule has 2 rings (SSSR count). The van der Waals surface area contributed by atoms with E-state index in [0.717, 1.165) is 4.90 Å². The van der Waals surface area contributed by atoms with E-state index in [1.807, 2.05) is 0 Å². The van der Waals surface area contributed by atoms with Gasteiger partial charge in [0.1, 0.15) is 0 Å². The average Bonchev–Trinajstić information content (AvgIpc) is 2.50. The number of ether oxygens (including phenoxy) is 2. The minimum Gasteiger partial charge on any atom is -0.441 e. The number of carbonyl (C=O) groups is 3. The molecule has 0 bridgehead atoms. The molecule has 152 valence electrons. The number of fused-ring (bicyclic) bond motifs is 1. The van der Waals surface area contributed by atoms with Gasteiger partial charge in [0, 0.05) is 18.1 Å². The number of allylic oxidation sites excluding steroid dienone is 1. The molecule has 0 unspecified atom stereocenters. The van der Waals surface area contributed by atoms with E-state index >= 15 is 0 Å². The van der Waals surface area contributed by atoms with E-state index in [2.05, 4.69) is 0 Å². The summed E-state index contributed by atoms with van der Waals surface area (Å²) < 4.78 is 36.5. The van der Waals surface area contributed by atoms with Crippen LogP contribution in [0.15, 0.2) is 11.3 Å². The number of Topliss-reactive ketones (excluding diaryl/α,β-unsaturated/α-hetero) is 1. The topological polar surface area (TPSA) is 107 Å². The lowest BCUT2D eigenvalue weighted by Crippen LogP contribution is -2.72. The lowest BCUT2D eigenvalue weighted by atomic mass is 9.85. The Morgan fingerprint density at radius 1 is 1.04 bits per heavy atom. The van der Waals surface area contributed by atoms with E-state index in [1.165, 1.54) is 14.0 Å². The predicted octanol–water partition coefficient (Wildman–Crippen LogP) is 1.40. The molecule has 0 spiro atoms. The highest BCUT2D eigenvalue weighted by atomic mass is 32.2. The number of nitrogens with zero attached hydrogens (tertiary/aromatic N) is 1. The summed E-state index contributed by atoms with van der Waals surface area (Å²) in [5.41, 5.74) is -3.44. The van der Waals surface area contributed by atoms with Gasteiger partial charge < -0.3 is 9.47 Å². The van der Waals surface area contributed by atoms with Crippen LogP contribution in [0, 0.1) is 10.8 Å². The quantitative estimate of drug-likeness (QED) is 0.520. The van der Waals surface area contributed by atoms with Crippen molar-refractivity contribution in [2.24, 2.45) is 10.8 Å². The van der Waals surface area contributed by atoms with Crippen LogP contribution in [0.3, 0.4) is 0 Å². The molecular weight excluding hydrogens is 374 g/mol. The highest BCUT2D eigenvalue weighted by Gasteiger charge is 2.64. The van der Waals surface area contributed by atoms with Gasteiger partial charge in [-0.25, -0.2) is 8.42 Å². The number of carbonyl (C=O) groups excluding carboxylic acids is 3. The number of hydrogen-bond acceptors (Lipinski definition) is 7. The van der Waals surface area contributed by atoms with Crippen LogP contribution >= 0.6 is 0 Å². The number of methoxy groups -OCH3 is 1. The Morgan fingerprint density at radius 3 is 1.96 bits per heavy atom. The molecule has 0 radical (unpaired) electrons. The summed E-state index contributed by atoms with van der Waals surface area (Å²) in [5, 5.41) is -1.39. The second kappa shape index (κ2) is 6.41. The SMILES string of the molecule is CO[C@H]1C(=O)N2C(C(=O)C(C)(C)C)=C(C)[C@@H](OC(=O)C(C)(C)C)S(=O)(=O)[C@H]12. The first-order valence-corrected chi connectivity index (χ1v) is 10.2. The normalized spacial score (nSPS) is 27.8. The van der Waals surface area contributed by atoms with E-state index in [4.69, 9.17) is 9.47 Å². The molecule has 2 heterocycles. The minimum atomic E-state index is -4.15. The Morgan fingerprint density at radius 2 is 1.56 bits per heavy atom. The number of ketones is 1.